The molecule has 118 valence electrons. The van der Waals surface area contributed by atoms with E-state index < -0.39 is 5.79 Å². The van der Waals surface area contributed by atoms with Gasteiger partial charge in [0.15, 0.2) is 17.3 Å². The molecule has 0 saturated carbocycles. The third kappa shape index (κ3) is 3.10. The Bertz CT molecular complexity index is 530. The fourth-order valence-electron chi connectivity index (χ4n) is 2.73. The predicted molar refractivity (Wildman–Crippen MR) is 80.6 cm³/mol. The molecule has 0 bridgehead atoms. The lowest BCUT2D eigenvalue weighted by Crippen LogP contribution is -2.45. The first kappa shape index (κ1) is 14.9. The monoisotopic (exact) mass is 304 g/mol. The van der Waals surface area contributed by atoms with Gasteiger partial charge in [-0.05, 0) is 12.1 Å². The number of aromatic nitrogens is 2. The third-order valence-electron chi connectivity index (χ3n) is 3.95. The molecule has 22 heavy (non-hydrogen) atoms. The first-order chi connectivity index (χ1) is 10.7. The second-order valence-corrected chi connectivity index (χ2v) is 5.37. The number of nitrogens with one attached hydrogen (secondary N) is 1. The van der Waals surface area contributed by atoms with Gasteiger partial charge in [-0.25, -0.2) is 0 Å². The average Bonchev–Trinajstić information content (AvgIpc) is 3.02. The van der Waals surface area contributed by atoms with E-state index in [-0.39, 0.29) is 5.91 Å². The highest BCUT2D eigenvalue weighted by Crippen LogP contribution is 2.32. The van der Waals surface area contributed by atoms with E-state index in [0.717, 1.165) is 31.7 Å². The van der Waals surface area contributed by atoms with Crippen molar-refractivity contribution in [3.63, 3.8) is 0 Å². The summed E-state index contributed by atoms with van der Waals surface area (Å²) < 4.78 is 11.4. The first-order valence-electron chi connectivity index (χ1n) is 7.48. The van der Waals surface area contributed by atoms with Gasteiger partial charge in [-0.2, -0.15) is 0 Å². The zero-order valence-corrected chi connectivity index (χ0v) is 12.5. The quantitative estimate of drug-likeness (QED) is 0.827. The molecule has 7 nitrogen and oxygen atoms in total. The number of rotatable bonds is 4. The molecule has 1 aromatic rings. The minimum absolute atomic E-state index is 0.246. The molecule has 2 aliphatic rings. The van der Waals surface area contributed by atoms with Crippen LogP contribution in [0.25, 0.3) is 0 Å². The molecule has 2 saturated heterocycles. The molecule has 1 spiro atoms. The van der Waals surface area contributed by atoms with Crippen molar-refractivity contribution in [2.75, 3.05) is 37.7 Å². The van der Waals surface area contributed by atoms with Crippen LogP contribution in [0.5, 0.6) is 0 Å². The number of piperidine rings is 1. The second kappa shape index (κ2) is 6.41. The van der Waals surface area contributed by atoms with Gasteiger partial charge in [0.05, 0.1) is 13.2 Å². The van der Waals surface area contributed by atoms with Gasteiger partial charge < -0.3 is 19.7 Å². The van der Waals surface area contributed by atoms with Crippen molar-refractivity contribution < 1.29 is 14.3 Å². The highest BCUT2D eigenvalue weighted by molar-refractivity contribution is 5.92. The molecule has 2 fully saturated rings. The summed E-state index contributed by atoms with van der Waals surface area (Å²) in [5, 5.41) is 10.8. The van der Waals surface area contributed by atoms with Crippen LogP contribution in [-0.2, 0) is 9.47 Å². The van der Waals surface area contributed by atoms with Crippen LogP contribution in [0.3, 0.4) is 0 Å². The normalized spacial score (nSPS) is 20.1. The van der Waals surface area contributed by atoms with Gasteiger partial charge in [0, 0.05) is 32.5 Å². The molecule has 1 amide bonds. The topological polar surface area (TPSA) is 76.6 Å². The number of carbonyl (C=O) groups is 1. The Morgan fingerprint density at radius 1 is 1.32 bits per heavy atom. The smallest absolute Gasteiger partial charge is 0.272 e. The molecule has 0 radical (unpaired) electrons. The van der Waals surface area contributed by atoms with Crippen LogP contribution >= 0.6 is 0 Å². The van der Waals surface area contributed by atoms with Gasteiger partial charge in [0.1, 0.15) is 0 Å². The van der Waals surface area contributed by atoms with Gasteiger partial charge in [0.2, 0.25) is 0 Å². The number of hydrogen-bond acceptors (Lipinski definition) is 6. The number of amides is 1. The Morgan fingerprint density at radius 2 is 2.05 bits per heavy atom. The van der Waals surface area contributed by atoms with Crippen molar-refractivity contribution in [1.82, 2.24) is 15.5 Å². The molecule has 3 heterocycles. The molecule has 0 aliphatic carbocycles. The third-order valence-corrected chi connectivity index (χ3v) is 3.95. The van der Waals surface area contributed by atoms with E-state index in [9.17, 15) is 4.79 Å². The Hall–Kier alpha value is -1.99. The molecule has 3 rings (SSSR count). The standard InChI is InChI=1S/C15H20N4O3/c1-2-7-16-14(20)12-3-4-13(18-17-12)19-8-5-15(6-9-19)21-10-11-22-15/h2-4H,1,5-11H2,(H,16,20). The lowest BCUT2D eigenvalue weighted by atomic mass is 10.0. The minimum Gasteiger partial charge on any atom is -0.355 e. The number of anilines is 1. The van der Waals surface area contributed by atoms with E-state index in [1.54, 1.807) is 12.1 Å². The van der Waals surface area contributed by atoms with Crippen LogP contribution in [0.4, 0.5) is 5.82 Å². The van der Waals surface area contributed by atoms with Crippen LogP contribution in [0.1, 0.15) is 23.3 Å². The summed E-state index contributed by atoms with van der Waals surface area (Å²) in [6.07, 6.45) is 3.25. The highest BCUT2D eigenvalue weighted by atomic mass is 16.7. The van der Waals surface area contributed by atoms with Gasteiger partial charge in [-0.1, -0.05) is 6.08 Å². The number of ether oxygens (including phenoxy) is 2. The van der Waals surface area contributed by atoms with Crippen LogP contribution < -0.4 is 10.2 Å². The summed E-state index contributed by atoms with van der Waals surface area (Å²) in [5.41, 5.74) is 0.307. The average molecular weight is 304 g/mol. The first-order valence-corrected chi connectivity index (χ1v) is 7.48. The van der Waals surface area contributed by atoms with E-state index in [1.807, 2.05) is 6.07 Å². The van der Waals surface area contributed by atoms with Crippen molar-refractivity contribution in [2.45, 2.75) is 18.6 Å². The molecule has 1 aromatic heterocycles. The SMILES string of the molecule is C=CCNC(=O)c1ccc(N2CCC3(CC2)OCCO3)nn1. The molecule has 1 N–H and O–H groups in total. The van der Waals surface area contributed by atoms with Gasteiger partial charge in [-0.3, -0.25) is 4.79 Å². The zero-order chi connectivity index (χ0) is 15.4. The van der Waals surface area contributed by atoms with Crippen molar-refractivity contribution in [1.29, 1.82) is 0 Å². The Morgan fingerprint density at radius 3 is 2.64 bits per heavy atom. The van der Waals surface area contributed by atoms with E-state index >= 15 is 0 Å². The molecular weight excluding hydrogens is 284 g/mol. The fraction of sp³-hybridized carbons (Fsp3) is 0.533. The Labute approximate surface area is 129 Å². The van der Waals surface area contributed by atoms with Crippen molar-refractivity contribution >= 4 is 11.7 Å². The molecule has 0 unspecified atom stereocenters. The summed E-state index contributed by atoms with van der Waals surface area (Å²) in [4.78, 5) is 13.9. The Kier molecular flexibility index (Phi) is 4.35. The number of carbonyl (C=O) groups excluding carboxylic acids is 1. The van der Waals surface area contributed by atoms with E-state index in [1.165, 1.54) is 0 Å². The van der Waals surface area contributed by atoms with Crippen LogP contribution in [0.15, 0.2) is 24.8 Å². The lowest BCUT2D eigenvalue weighted by molar-refractivity contribution is -0.169. The molecule has 0 aromatic carbocycles. The van der Waals surface area contributed by atoms with Gasteiger partial charge in [0.25, 0.3) is 5.91 Å². The number of nitrogens with zero attached hydrogens (tertiary/aromatic N) is 3. The molecule has 7 heteroatoms. The van der Waals surface area contributed by atoms with Gasteiger partial charge >= 0.3 is 0 Å². The van der Waals surface area contributed by atoms with Crippen LogP contribution in [0, 0.1) is 0 Å². The summed E-state index contributed by atoms with van der Waals surface area (Å²) in [5.74, 6) is 0.131. The molecule has 0 atom stereocenters. The van der Waals surface area contributed by atoms with E-state index in [0.29, 0.717) is 25.5 Å². The van der Waals surface area contributed by atoms with E-state index in [4.69, 9.17) is 9.47 Å². The fourth-order valence-corrected chi connectivity index (χ4v) is 2.73. The molecule has 2 aliphatic heterocycles. The largest absolute Gasteiger partial charge is 0.355 e. The van der Waals surface area contributed by atoms with Crippen molar-refractivity contribution in [3.05, 3.63) is 30.5 Å². The van der Waals surface area contributed by atoms with Crippen LogP contribution in [-0.4, -0.2) is 54.7 Å². The predicted octanol–water partition coefficient (Wildman–Crippen LogP) is 0.736. The number of hydrogen-bond donors (Lipinski definition) is 1. The van der Waals surface area contributed by atoms with Gasteiger partial charge in [-0.15, -0.1) is 16.8 Å². The van der Waals surface area contributed by atoms with Crippen LogP contribution in [0.2, 0.25) is 0 Å². The maximum atomic E-state index is 11.8. The maximum absolute atomic E-state index is 11.8. The maximum Gasteiger partial charge on any atom is 0.272 e. The van der Waals surface area contributed by atoms with Crippen molar-refractivity contribution in [2.24, 2.45) is 0 Å². The summed E-state index contributed by atoms with van der Waals surface area (Å²) in [6.45, 7) is 6.92. The highest BCUT2D eigenvalue weighted by Gasteiger charge is 2.40. The summed E-state index contributed by atoms with van der Waals surface area (Å²) >= 11 is 0. The molecular formula is C15H20N4O3. The zero-order valence-electron chi connectivity index (χ0n) is 12.5. The lowest BCUT2D eigenvalue weighted by Gasteiger charge is -2.37. The summed E-state index contributed by atoms with van der Waals surface area (Å²) in [7, 11) is 0. The minimum atomic E-state index is -0.394. The Balaban J connectivity index is 1.59. The second-order valence-electron chi connectivity index (χ2n) is 5.37. The van der Waals surface area contributed by atoms with Crippen molar-refractivity contribution in [3.8, 4) is 0 Å². The van der Waals surface area contributed by atoms with E-state index in [2.05, 4.69) is 27.0 Å². The summed E-state index contributed by atoms with van der Waals surface area (Å²) in [6, 6.07) is 3.51.